The Hall–Kier alpha value is -2.49. The van der Waals surface area contributed by atoms with Crippen LogP contribution >= 0.6 is 0 Å². The number of hydrogen-bond acceptors (Lipinski definition) is 3. The first-order valence-electron chi connectivity index (χ1n) is 8.08. The van der Waals surface area contributed by atoms with Crippen molar-refractivity contribution in [2.45, 2.75) is 25.7 Å². The molecule has 0 aliphatic heterocycles. The molecular weight excluding hydrogens is 304 g/mol. The number of carboxylic acids is 1. The van der Waals surface area contributed by atoms with Gasteiger partial charge in [0.15, 0.2) is 0 Å². The summed E-state index contributed by atoms with van der Waals surface area (Å²) in [7, 11) is 3.25. The summed E-state index contributed by atoms with van der Waals surface area (Å²) in [6.45, 7) is 1.92. The van der Waals surface area contributed by atoms with Gasteiger partial charge in [-0.25, -0.2) is 0 Å². The molecule has 0 fully saturated rings. The van der Waals surface area contributed by atoms with Crippen molar-refractivity contribution in [2.24, 2.45) is 5.92 Å². The predicted octanol–water partition coefficient (Wildman–Crippen LogP) is 4.14. The summed E-state index contributed by atoms with van der Waals surface area (Å²) in [5.74, 6) is 0.287. The van der Waals surface area contributed by atoms with Crippen LogP contribution in [-0.4, -0.2) is 25.3 Å². The number of hydrogen-bond donors (Lipinski definition) is 1. The molecule has 4 nitrogen and oxygen atoms in total. The summed E-state index contributed by atoms with van der Waals surface area (Å²) in [6, 6.07) is 15.5. The number of carboxylic acid groups (broad SMARTS) is 1. The molecule has 4 heteroatoms. The minimum absolute atomic E-state index is 0.0909. The average molecular weight is 328 g/mol. The first-order valence-corrected chi connectivity index (χ1v) is 8.08. The van der Waals surface area contributed by atoms with Gasteiger partial charge in [0.2, 0.25) is 0 Å². The Balaban J connectivity index is 2.31. The number of benzene rings is 2. The van der Waals surface area contributed by atoms with E-state index in [1.807, 2.05) is 55.5 Å². The highest BCUT2D eigenvalue weighted by molar-refractivity contribution is 5.71. The van der Waals surface area contributed by atoms with Crippen LogP contribution in [0.3, 0.4) is 0 Å². The van der Waals surface area contributed by atoms with Crippen LogP contribution in [-0.2, 0) is 11.2 Å². The van der Waals surface area contributed by atoms with Crippen molar-refractivity contribution in [2.75, 3.05) is 14.2 Å². The third-order valence-corrected chi connectivity index (χ3v) is 4.40. The molecule has 1 N–H and O–H groups in total. The Morgan fingerprint density at radius 3 is 1.88 bits per heavy atom. The molecule has 0 heterocycles. The van der Waals surface area contributed by atoms with Crippen molar-refractivity contribution < 1.29 is 19.4 Å². The van der Waals surface area contributed by atoms with Gasteiger partial charge in [0.1, 0.15) is 11.5 Å². The monoisotopic (exact) mass is 328 g/mol. The largest absolute Gasteiger partial charge is 0.497 e. The molecule has 0 aromatic heterocycles. The predicted molar refractivity (Wildman–Crippen MR) is 93.8 cm³/mol. The smallest absolute Gasteiger partial charge is 0.307 e. The molecule has 2 unspecified atom stereocenters. The standard InChI is InChI=1S/C20H24O4/c1-4-18(20(21)22)19(15-7-11-17(24-3)12-8-15)13-14-5-9-16(23-2)10-6-14/h5-12,18-19H,4,13H2,1-3H3,(H,21,22). The SMILES string of the molecule is CCC(C(=O)O)C(Cc1ccc(OC)cc1)c1ccc(OC)cc1. The Kier molecular flexibility index (Phi) is 6.24. The molecule has 2 atom stereocenters. The zero-order valence-corrected chi connectivity index (χ0v) is 14.4. The molecule has 0 saturated carbocycles. The summed E-state index contributed by atoms with van der Waals surface area (Å²) in [5, 5.41) is 9.62. The van der Waals surface area contributed by atoms with Gasteiger partial charge in [0.05, 0.1) is 20.1 Å². The van der Waals surface area contributed by atoms with Crippen molar-refractivity contribution in [3.63, 3.8) is 0 Å². The molecule has 0 radical (unpaired) electrons. The molecule has 0 amide bonds. The van der Waals surface area contributed by atoms with Crippen LogP contribution in [0.2, 0.25) is 0 Å². The van der Waals surface area contributed by atoms with Crippen LogP contribution < -0.4 is 9.47 Å². The Labute approximate surface area is 143 Å². The maximum Gasteiger partial charge on any atom is 0.307 e. The lowest BCUT2D eigenvalue weighted by Crippen LogP contribution is -2.23. The fraction of sp³-hybridized carbons (Fsp3) is 0.350. The minimum atomic E-state index is -0.758. The fourth-order valence-corrected chi connectivity index (χ4v) is 2.99. The highest BCUT2D eigenvalue weighted by Gasteiger charge is 2.28. The van der Waals surface area contributed by atoms with E-state index in [-0.39, 0.29) is 5.92 Å². The van der Waals surface area contributed by atoms with Gasteiger partial charge in [-0.1, -0.05) is 31.2 Å². The zero-order valence-electron chi connectivity index (χ0n) is 14.4. The van der Waals surface area contributed by atoms with Crippen LogP contribution in [0.15, 0.2) is 48.5 Å². The molecule has 2 aromatic carbocycles. The van der Waals surface area contributed by atoms with Gasteiger partial charge in [0, 0.05) is 5.92 Å². The van der Waals surface area contributed by atoms with Crippen molar-refractivity contribution in [1.29, 1.82) is 0 Å². The molecule has 0 aliphatic rings. The van der Waals surface area contributed by atoms with E-state index in [1.165, 1.54) is 0 Å². The number of carbonyl (C=O) groups is 1. The number of methoxy groups -OCH3 is 2. The Morgan fingerprint density at radius 2 is 1.46 bits per heavy atom. The highest BCUT2D eigenvalue weighted by atomic mass is 16.5. The van der Waals surface area contributed by atoms with E-state index in [0.717, 1.165) is 22.6 Å². The number of aliphatic carboxylic acids is 1. The minimum Gasteiger partial charge on any atom is -0.497 e. The maximum atomic E-state index is 11.7. The van der Waals surface area contributed by atoms with Gasteiger partial charge in [0.25, 0.3) is 0 Å². The average Bonchev–Trinajstić information content (AvgIpc) is 2.62. The summed E-state index contributed by atoms with van der Waals surface area (Å²) in [5.41, 5.74) is 2.11. The summed E-state index contributed by atoms with van der Waals surface area (Å²) >= 11 is 0. The molecule has 128 valence electrons. The van der Waals surface area contributed by atoms with E-state index in [4.69, 9.17) is 9.47 Å². The van der Waals surface area contributed by atoms with Crippen LogP contribution in [0, 0.1) is 5.92 Å². The third-order valence-electron chi connectivity index (χ3n) is 4.40. The van der Waals surface area contributed by atoms with E-state index in [2.05, 4.69) is 0 Å². The van der Waals surface area contributed by atoms with Gasteiger partial charge in [-0.15, -0.1) is 0 Å². The first-order chi connectivity index (χ1) is 11.6. The lowest BCUT2D eigenvalue weighted by atomic mass is 9.80. The molecule has 0 spiro atoms. The molecule has 24 heavy (non-hydrogen) atoms. The zero-order chi connectivity index (χ0) is 17.5. The molecular formula is C20H24O4. The van der Waals surface area contributed by atoms with Crippen LogP contribution in [0.25, 0.3) is 0 Å². The lowest BCUT2D eigenvalue weighted by Gasteiger charge is -2.24. The second-order valence-corrected chi connectivity index (χ2v) is 5.78. The maximum absolute atomic E-state index is 11.7. The molecule has 0 saturated heterocycles. The lowest BCUT2D eigenvalue weighted by molar-refractivity contribution is -0.142. The van der Waals surface area contributed by atoms with Gasteiger partial charge in [-0.2, -0.15) is 0 Å². The first kappa shape index (κ1) is 17.9. The topological polar surface area (TPSA) is 55.8 Å². The molecule has 0 bridgehead atoms. The Morgan fingerprint density at radius 1 is 0.958 bits per heavy atom. The Bertz CT molecular complexity index is 646. The molecule has 2 aromatic rings. The van der Waals surface area contributed by atoms with E-state index in [0.29, 0.717) is 12.8 Å². The highest BCUT2D eigenvalue weighted by Crippen LogP contribution is 2.32. The van der Waals surface area contributed by atoms with Crippen LogP contribution in [0.4, 0.5) is 0 Å². The van der Waals surface area contributed by atoms with Crippen molar-refractivity contribution in [3.8, 4) is 11.5 Å². The second kappa shape index (κ2) is 8.39. The number of rotatable bonds is 8. The van der Waals surface area contributed by atoms with Crippen LogP contribution in [0.1, 0.15) is 30.4 Å². The van der Waals surface area contributed by atoms with Crippen molar-refractivity contribution in [3.05, 3.63) is 59.7 Å². The normalized spacial score (nSPS) is 13.1. The summed E-state index contributed by atoms with van der Waals surface area (Å²) < 4.78 is 10.4. The van der Waals surface area contributed by atoms with Gasteiger partial charge < -0.3 is 14.6 Å². The molecule has 2 rings (SSSR count). The van der Waals surface area contributed by atoms with Gasteiger partial charge in [-0.3, -0.25) is 4.79 Å². The van der Waals surface area contributed by atoms with Crippen molar-refractivity contribution >= 4 is 5.97 Å². The molecule has 0 aliphatic carbocycles. The van der Waals surface area contributed by atoms with E-state index >= 15 is 0 Å². The van der Waals surface area contributed by atoms with Gasteiger partial charge in [-0.05, 0) is 48.2 Å². The second-order valence-electron chi connectivity index (χ2n) is 5.78. The summed E-state index contributed by atoms with van der Waals surface area (Å²) in [4.78, 5) is 11.7. The fourth-order valence-electron chi connectivity index (χ4n) is 2.99. The van der Waals surface area contributed by atoms with Crippen molar-refractivity contribution in [1.82, 2.24) is 0 Å². The number of ether oxygens (including phenoxy) is 2. The van der Waals surface area contributed by atoms with E-state index in [9.17, 15) is 9.90 Å². The quantitative estimate of drug-likeness (QED) is 0.791. The summed E-state index contributed by atoms with van der Waals surface area (Å²) in [6.07, 6.45) is 1.25. The van der Waals surface area contributed by atoms with E-state index in [1.54, 1.807) is 14.2 Å². The van der Waals surface area contributed by atoms with Crippen LogP contribution in [0.5, 0.6) is 11.5 Å². The van der Waals surface area contributed by atoms with Gasteiger partial charge >= 0.3 is 5.97 Å². The third kappa shape index (κ3) is 4.28. The van der Waals surface area contributed by atoms with E-state index < -0.39 is 11.9 Å².